The number of halogens is 1. The highest BCUT2D eigenvalue weighted by Crippen LogP contribution is 2.59. The normalized spacial score (nSPS) is 38.2. The molecule has 2 aliphatic carbocycles. The number of aryl methyl sites for hydroxylation is 1. The van der Waals surface area contributed by atoms with Gasteiger partial charge in [0.25, 0.3) is 0 Å². The number of nitrogens with one attached hydrogen (secondary N) is 1. The molecule has 0 aromatic heterocycles. The number of amides is 2. The van der Waals surface area contributed by atoms with Crippen molar-refractivity contribution in [2.45, 2.75) is 31.2 Å². The number of fused-ring (bicyclic) bond motifs is 1. The molecule has 2 saturated heterocycles. The Bertz CT molecular complexity index is 762. The molecule has 4 aliphatic rings. The maximum Gasteiger partial charge on any atom is 0.407 e. The molecule has 2 heterocycles. The topological polar surface area (TPSA) is 58.6 Å². The quantitative estimate of drug-likeness (QED) is 0.882. The third kappa shape index (κ3) is 2.35. The molecule has 1 spiro atoms. The minimum absolute atomic E-state index is 0.0340. The molecule has 0 bridgehead atoms. The average Bonchev–Trinajstić information content (AvgIpc) is 2.91. The molecule has 0 radical (unpaired) electrons. The molecule has 1 aromatic rings. The monoisotopic (exact) mass is 360 g/mol. The van der Waals surface area contributed by atoms with Crippen LogP contribution < -0.4 is 5.32 Å². The first-order chi connectivity index (χ1) is 12.0. The third-order valence-corrected chi connectivity index (χ3v) is 6.96. The number of ether oxygens (including phenoxy) is 1. The molecule has 2 amide bonds. The third-order valence-electron chi connectivity index (χ3n) is 6.56. The van der Waals surface area contributed by atoms with Crippen molar-refractivity contribution in [1.29, 1.82) is 0 Å². The Morgan fingerprint density at radius 3 is 2.64 bits per heavy atom. The lowest BCUT2D eigenvalue weighted by atomic mass is 9.68. The van der Waals surface area contributed by atoms with Crippen molar-refractivity contribution in [2.75, 3.05) is 19.7 Å². The zero-order chi connectivity index (χ0) is 17.3. The smallest absolute Gasteiger partial charge is 0.407 e. The Balaban J connectivity index is 1.18. The highest BCUT2D eigenvalue weighted by molar-refractivity contribution is 6.31. The fraction of sp³-hybridized carbons (Fsp3) is 0.579. The summed E-state index contributed by atoms with van der Waals surface area (Å²) in [6, 6.07) is 6.35. The molecular weight excluding hydrogens is 340 g/mol. The summed E-state index contributed by atoms with van der Waals surface area (Å²) in [4.78, 5) is 25.9. The van der Waals surface area contributed by atoms with Gasteiger partial charge in [0.1, 0.15) is 6.61 Å². The summed E-state index contributed by atoms with van der Waals surface area (Å²) < 4.78 is 4.98. The number of carbonyl (C=O) groups is 2. The zero-order valence-electron chi connectivity index (χ0n) is 14.1. The molecule has 1 N–H and O–H groups in total. The SMILES string of the molecule is Cc1ccc(C2[C@H]3CN(C(=O)C4CC5(COC(=O)N5)C4)C[C@@H]23)cc1Cl. The van der Waals surface area contributed by atoms with E-state index in [1.165, 1.54) is 5.56 Å². The summed E-state index contributed by atoms with van der Waals surface area (Å²) in [5.41, 5.74) is 2.14. The second-order valence-corrected chi connectivity index (χ2v) is 8.60. The number of rotatable bonds is 2. The van der Waals surface area contributed by atoms with E-state index in [-0.39, 0.29) is 23.5 Å². The van der Waals surface area contributed by atoms with Crippen LogP contribution in [0.25, 0.3) is 0 Å². The summed E-state index contributed by atoms with van der Waals surface area (Å²) in [5.74, 6) is 1.99. The molecule has 2 saturated carbocycles. The molecule has 25 heavy (non-hydrogen) atoms. The van der Waals surface area contributed by atoms with E-state index in [1.54, 1.807) is 0 Å². The van der Waals surface area contributed by atoms with Gasteiger partial charge in [-0.1, -0.05) is 23.7 Å². The van der Waals surface area contributed by atoms with Gasteiger partial charge in [0.15, 0.2) is 0 Å². The predicted molar refractivity (Wildman–Crippen MR) is 92.4 cm³/mol. The lowest BCUT2D eigenvalue weighted by Gasteiger charge is -2.43. The number of alkyl carbamates (subject to hydrolysis) is 1. The van der Waals surface area contributed by atoms with E-state index in [4.69, 9.17) is 16.3 Å². The van der Waals surface area contributed by atoms with Crippen LogP contribution in [0.4, 0.5) is 4.79 Å². The maximum absolute atomic E-state index is 12.7. The van der Waals surface area contributed by atoms with Crippen molar-refractivity contribution in [2.24, 2.45) is 17.8 Å². The highest BCUT2D eigenvalue weighted by Gasteiger charge is 2.59. The summed E-state index contributed by atoms with van der Waals surface area (Å²) >= 11 is 6.25. The van der Waals surface area contributed by atoms with Crippen LogP contribution >= 0.6 is 11.6 Å². The van der Waals surface area contributed by atoms with Crippen molar-refractivity contribution in [3.05, 3.63) is 34.3 Å². The number of cyclic esters (lactones) is 1. The number of hydrogen-bond acceptors (Lipinski definition) is 3. The lowest BCUT2D eigenvalue weighted by molar-refractivity contribution is -0.140. The largest absolute Gasteiger partial charge is 0.447 e. The van der Waals surface area contributed by atoms with E-state index in [0.29, 0.717) is 37.2 Å². The van der Waals surface area contributed by atoms with Gasteiger partial charge in [0.05, 0.1) is 5.54 Å². The molecular formula is C19H21ClN2O3. The summed E-state index contributed by atoms with van der Waals surface area (Å²) in [6.07, 6.45) is 1.06. The van der Waals surface area contributed by atoms with Gasteiger partial charge in [-0.25, -0.2) is 4.79 Å². The van der Waals surface area contributed by atoms with Crippen molar-refractivity contribution >= 4 is 23.6 Å². The van der Waals surface area contributed by atoms with Crippen LogP contribution in [-0.2, 0) is 9.53 Å². The first-order valence-corrected chi connectivity index (χ1v) is 9.33. The van der Waals surface area contributed by atoms with Crippen molar-refractivity contribution in [3.63, 3.8) is 0 Å². The van der Waals surface area contributed by atoms with E-state index in [9.17, 15) is 9.59 Å². The summed E-state index contributed by atoms with van der Waals surface area (Å²) in [6.45, 7) is 4.12. The molecule has 1 unspecified atom stereocenters. The van der Waals surface area contributed by atoms with Gasteiger partial charge in [-0.2, -0.15) is 0 Å². The predicted octanol–water partition coefficient (Wildman–Crippen LogP) is 2.71. The summed E-state index contributed by atoms with van der Waals surface area (Å²) in [5, 5.41) is 3.68. The fourth-order valence-electron chi connectivity index (χ4n) is 5.05. The van der Waals surface area contributed by atoms with Crippen molar-refractivity contribution in [3.8, 4) is 0 Å². The van der Waals surface area contributed by atoms with Crippen LogP contribution in [0.15, 0.2) is 18.2 Å². The number of carbonyl (C=O) groups excluding carboxylic acids is 2. The Hall–Kier alpha value is -1.75. The Labute approximate surface area is 151 Å². The van der Waals surface area contributed by atoms with Gasteiger partial charge < -0.3 is 15.0 Å². The maximum atomic E-state index is 12.7. The van der Waals surface area contributed by atoms with E-state index < -0.39 is 0 Å². The molecule has 1 aromatic carbocycles. The zero-order valence-corrected chi connectivity index (χ0v) is 14.9. The molecule has 6 heteroatoms. The molecule has 2 aliphatic heterocycles. The van der Waals surface area contributed by atoms with Crippen LogP contribution in [0.5, 0.6) is 0 Å². The van der Waals surface area contributed by atoms with Crippen LogP contribution in [0.2, 0.25) is 5.02 Å². The van der Waals surface area contributed by atoms with Gasteiger partial charge in [-0.05, 0) is 54.7 Å². The minimum Gasteiger partial charge on any atom is -0.447 e. The summed E-state index contributed by atoms with van der Waals surface area (Å²) in [7, 11) is 0. The van der Waals surface area contributed by atoms with Gasteiger partial charge in [0, 0.05) is 24.0 Å². The number of likely N-dealkylation sites (tertiary alicyclic amines) is 1. The molecule has 5 nitrogen and oxygen atoms in total. The van der Waals surface area contributed by atoms with Crippen LogP contribution in [0, 0.1) is 24.7 Å². The lowest BCUT2D eigenvalue weighted by Crippen LogP contribution is -2.58. The second-order valence-electron chi connectivity index (χ2n) is 8.19. The number of hydrogen-bond donors (Lipinski definition) is 1. The van der Waals surface area contributed by atoms with E-state index in [2.05, 4.69) is 23.5 Å². The van der Waals surface area contributed by atoms with E-state index >= 15 is 0 Å². The molecule has 5 rings (SSSR count). The Morgan fingerprint density at radius 2 is 2.04 bits per heavy atom. The van der Waals surface area contributed by atoms with Crippen molar-refractivity contribution < 1.29 is 14.3 Å². The van der Waals surface area contributed by atoms with Gasteiger partial charge in [0.2, 0.25) is 5.91 Å². The van der Waals surface area contributed by atoms with Crippen LogP contribution in [0.3, 0.4) is 0 Å². The molecule has 3 atom stereocenters. The Kier molecular flexibility index (Phi) is 3.18. The van der Waals surface area contributed by atoms with Crippen LogP contribution in [-0.4, -0.2) is 42.1 Å². The molecule has 4 fully saturated rings. The van der Waals surface area contributed by atoms with Crippen molar-refractivity contribution in [1.82, 2.24) is 10.2 Å². The molecule has 132 valence electrons. The van der Waals surface area contributed by atoms with E-state index in [1.807, 2.05) is 11.8 Å². The first kappa shape index (κ1) is 15.5. The first-order valence-electron chi connectivity index (χ1n) is 8.96. The number of piperidine rings is 1. The van der Waals surface area contributed by atoms with Gasteiger partial charge >= 0.3 is 6.09 Å². The van der Waals surface area contributed by atoms with E-state index in [0.717, 1.165) is 23.7 Å². The van der Waals surface area contributed by atoms with Gasteiger partial charge in [-0.3, -0.25) is 4.79 Å². The fourth-order valence-corrected chi connectivity index (χ4v) is 5.23. The minimum atomic E-state index is -0.354. The van der Waals surface area contributed by atoms with Crippen LogP contribution in [0.1, 0.15) is 29.9 Å². The standard InChI is InChI=1S/C19H21ClN2O3/c1-10-2-3-11(4-15(10)20)16-13-7-22(8-14(13)16)17(23)12-5-19(6-12)9-25-18(24)21-19/h2-4,12-14,16H,5-9H2,1H3,(H,21,24)/t12?,13-,14+,16?,19?. The highest BCUT2D eigenvalue weighted by atomic mass is 35.5. The second kappa shape index (κ2) is 5.13. The van der Waals surface area contributed by atoms with Gasteiger partial charge in [-0.15, -0.1) is 0 Å². The Morgan fingerprint density at radius 1 is 1.32 bits per heavy atom. The number of benzene rings is 1. The average molecular weight is 361 g/mol. The number of nitrogens with zero attached hydrogens (tertiary/aromatic N) is 1.